The number of hydrogen-bond donors (Lipinski definition) is 0. The molecule has 8 atom stereocenters. The summed E-state index contributed by atoms with van der Waals surface area (Å²) in [5.74, 6) is 0.214. The largest absolute Gasteiger partial charge is 0.469 e. The number of epoxide rings is 2. The van der Waals surface area contributed by atoms with Crippen molar-refractivity contribution in [2.45, 2.75) is 243 Å². The number of hydrogen-bond acceptors (Lipinski definition) is 8. The first-order valence-corrected chi connectivity index (χ1v) is 22.3. The average Bonchev–Trinajstić information content (AvgIpc) is 4.00. The Bertz CT molecular complexity index is 913. The minimum Gasteiger partial charge on any atom is -0.469 e. The Balaban J connectivity index is 0.000000295. The first-order chi connectivity index (χ1) is 25.5. The van der Waals surface area contributed by atoms with Crippen LogP contribution in [0.1, 0.15) is 201 Å². The number of esters is 2. The van der Waals surface area contributed by atoms with Crippen LogP contribution in [-0.2, 0) is 38.0 Å². The summed E-state index contributed by atoms with van der Waals surface area (Å²) >= 11 is 0. The van der Waals surface area contributed by atoms with Gasteiger partial charge in [-0.1, -0.05) is 149 Å². The van der Waals surface area contributed by atoms with E-state index in [1.807, 2.05) is 0 Å². The van der Waals surface area contributed by atoms with E-state index in [-0.39, 0.29) is 30.3 Å². The van der Waals surface area contributed by atoms with Crippen molar-refractivity contribution >= 4 is 11.9 Å². The first-order valence-electron chi connectivity index (χ1n) is 22.3. The summed E-state index contributed by atoms with van der Waals surface area (Å²) < 4.78 is 33.3. The minimum atomic E-state index is -0.213. The van der Waals surface area contributed by atoms with Crippen LogP contribution in [0.5, 0.6) is 0 Å². The Hall–Kier alpha value is -1.22. The summed E-state index contributed by atoms with van der Waals surface area (Å²) in [6.07, 6.45) is 36.1. The van der Waals surface area contributed by atoms with Crippen LogP contribution in [0.3, 0.4) is 0 Å². The minimum absolute atomic E-state index is 0.0570. The average molecular weight is 737 g/mol. The standard InChI is InChI=1S/C25H44O5.C19H36O3/c1-3-4-5-6-8-11-14-20-21(29-20)15-12-9-7-10-13-16-23(26)30-22-18-28-24-19(2)17-27-25(22)24;1-3-4-5-6-8-11-14-17-18(22-17)15-12-9-7-10-13-16-19(20)21-2/h19-22,24-25H,3-18H2,1-2H3;17-18H,3-16H2,1-2H3. The molecule has 8 unspecified atom stereocenters. The second kappa shape index (κ2) is 28.2. The zero-order chi connectivity index (χ0) is 37.2. The molecular formula is C44H80O8. The van der Waals surface area contributed by atoms with Crippen molar-refractivity contribution < 1.29 is 38.0 Å². The van der Waals surface area contributed by atoms with Gasteiger partial charge in [0.15, 0.2) is 6.10 Å². The number of carbonyl (C=O) groups is 2. The Morgan fingerprint density at radius 3 is 1.33 bits per heavy atom. The van der Waals surface area contributed by atoms with Crippen LogP contribution < -0.4 is 0 Å². The summed E-state index contributed by atoms with van der Waals surface area (Å²) in [7, 11) is 1.46. The molecule has 0 aliphatic carbocycles. The molecule has 0 aromatic rings. The highest BCUT2D eigenvalue weighted by Gasteiger charge is 2.47. The fourth-order valence-electron chi connectivity index (χ4n) is 8.00. The highest BCUT2D eigenvalue weighted by molar-refractivity contribution is 5.69. The van der Waals surface area contributed by atoms with Crippen LogP contribution >= 0.6 is 0 Å². The van der Waals surface area contributed by atoms with Gasteiger partial charge in [-0.3, -0.25) is 9.59 Å². The van der Waals surface area contributed by atoms with E-state index in [0.29, 0.717) is 56.4 Å². The van der Waals surface area contributed by atoms with Gasteiger partial charge in [0.1, 0.15) is 6.10 Å². The molecule has 0 N–H and O–H groups in total. The van der Waals surface area contributed by atoms with E-state index in [4.69, 9.17) is 23.7 Å². The lowest BCUT2D eigenvalue weighted by molar-refractivity contribution is -0.153. The number of unbranched alkanes of at least 4 members (excludes halogenated alkanes) is 18. The molecule has 8 nitrogen and oxygen atoms in total. The molecule has 4 aliphatic heterocycles. The van der Waals surface area contributed by atoms with Gasteiger partial charge in [0.05, 0.1) is 50.8 Å². The first kappa shape index (κ1) is 45.2. The van der Waals surface area contributed by atoms with Crippen LogP contribution in [-0.4, -0.2) is 75.0 Å². The number of rotatable bonds is 31. The predicted octanol–water partition coefficient (Wildman–Crippen LogP) is 11.0. The SMILES string of the molecule is CCCCCCCCC1OC1CCCCCCCC(=O)OC.CCCCCCCCC1OC1CCCCCCCC(=O)OC1COC2C(C)COC12. The molecule has 0 aromatic heterocycles. The molecule has 0 saturated carbocycles. The molecule has 304 valence electrons. The molecular weight excluding hydrogens is 656 g/mol. The maximum atomic E-state index is 12.1. The molecule has 0 aromatic carbocycles. The van der Waals surface area contributed by atoms with Gasteiger partial charge in [-0.2, -0.15) is 0 Å². The topological polar surface area (TPSA) is 96.1 Å². The van der Waals surface area contributed by atoms with E-state index in [2.05, 4.69) is 25.5 Å². The van der Waals surface area contributed by atoms with Crippen LogP contribution in [0, 0.1) is 5.92 Å². The second-order valence-electron chi connectivity index (χ2n) is 16.3. The summed E-state index contributed by atoms with van der Waals surface area (Å²) in [6, 6.07) is 0. The van der Waals surface area contributed by atoms with E-state index in [0.717, 1.165) is 25.7 Å². The monoisotopic (exact) mass is 737 g/mol. The lowest BCUT2D eigenvalue weighted by Crippen LogP contribution is -2.32. The lowest BCUT2D eigenvalue weighted by Gasteiger charge is -2.16. The molecule has 52 heavy (non-hydrogen) atoms. The van der Waals surface area contributed by atoms with Gasteiger partial charge in [-0.05, 0) is 38.5 Å². The van der Waals surface area contributed by atoms with Gasteiger partial charge < -0.3 is 28.4 Å². The van der Waals surface area contributed by atoms with Crippen molar-refractivity contribution in [2.24, 2.45) is 5.92 Å². The van der Waals surface area contributed by atoms with E-state index < -0.39 is 0 Å². The van der Waals surface area contributed by atoms with E-state index in [1.54, 1.807) is 0 Å². The lowest BCUT2D eigenvalue weighted by atomic mass is 10.0. The molecule has 4 fully saturated rings. The summed E-state index contributed by atoms with van der Waals surface area (Å²) in [6.45, 7) is 7.84. The molecule has 4 saturated heterocycles. The van der Waals surface area contributed by atoms with E-state index >= 15 is 0 Å². The normalized spacial score (nSPS) is 27.2. The third kappa shape index (κ3) is 19.9. The van der Waals surface area contributed by atoms with Crippen LogP contribution in [0.15, 0.2) is 0 Å². The molecule has 4 aliphatic rings. The highest BCUT2D eigenvalue weighted by atomic mass is 16.6. The van der Waals surface area contributed by atoms with Crippen LogP contribution in [0.4, 0.5) is 0 Å². The van der Waals surface area contributed by atoms with Crippen molar-refractivity contribution in [1.29, 1.82) is 0 Å². The zero-order valence-corrected chi connectivity index (χ0v) is 34.1. The Kier molecular flexibility index (Phi) is 24.5. The Morgan fingerprint density at radius 2 is 0.885 bits per heavy atom. The van der Waals surface area contributed by atoms with Gasteiger partial charge >= 0.3 is 11.9 Å². The fourth-order valence-corrected chi connectivity index (χ4v) is 8.00. The van der Waals surface area contributed by atoms with Gasteiger partial charge in [0.2, 0.25) is 0 Å². The van der Waals surface area contributed by atoms with Crippen molar-refractivity contribution in [3.8, 4) is 0 Å². The molecule has 0 spiro atoms. The molecule has 0 bridgehead atoms. The summed E-state index contributed by atoms with van der Waals surface area (Å²) in [4.78, 5) is 23.1. The molecule has 0 amide bonds. The number of ether oxygens (including phenoxy) is 6. The van der Waals surface area contributed by atoms with Crippen LogP contribution in [0.25, 0.3) is 0 Å². The number of carbonyl (C=O) groups excluding carboxylic acids is 2. The Labute approximate surface area is 318 Å². The maximum absolute atomic E-state index is 12.1. The third-order valence-corrected chi connectivity index (χ3v) is 11.6. The number of methoxy groups -OCH3 is 1. The maximum Gasteiger partial charge on any atom is 0.306 e. The zero-order valence-electron chi connectivity index (χ0n) is 34.1. The second-order valence-corrected chi connectivity index (χ2v) is 16.3. The predicted molar refractivity (Wildman–Crippen MR) is 208 cm³/mol. The summed E-state index contributed by atoms with van der Waals surface area (Å²) in [5.41, 5.74) is 0. The van der Waals surface area contributed by atoms with Crippen molar-refractivity contribution in [3.63, 3.8) is 0 Å². The van der Waals surface area contributed by atoms with Crippen molar-refractivity contribution in [3.05, 3.63) is 0 Å². The highest BCUT2D eigenvalue weighted by Crippen LogP contribution is 2.34. The van der Waals surface area contributed by atoms with Gasteiger partial charge in [-0.25, -0.2) is 0 Å². The fraction of sp³-hybridized carbons (Fsp3) is 0.955. The third-order valence-electron chi connectivity index (χ3n) is 11.6. The van der Waals surface area contributed by atoms with Crippen molar-refractivity contribution in [2.75, 3.05) is 20.3 Å². The van der Waals surface area contributed by atoms with Crippen molar-refractivity contribution in [1.82, 2.24) is 0 Å². The van der Waals surface area contributed by atoms with E-state index in [1.165, 1.54) is 148 Å². The molecule has 0 radical (unpaired) electrons. The van der Waals surface area contributed by atoms with E-state index in [9.17, 15) is 9.59 Å². The van der Waals surface area contributed by atoms with Gasteiger partial charge in [0, 0.05) is 18.8 Å². The quantitative estimate of drug-likeness (QED) is 0.0394. The Morgan fingerprint density at radius 1 is 0.500 bits per heavy atom. The number of fused-ring (bicyclic) bond motifs is 1. The molecule has 4 rings (SSSR count). The van der Waals surface area contributed by atoms with Gasteiger partial charge in [0.25, 0.3) is 0 Å². The van der Waals surface area contributed by atoms with Crippen LogP contribution in [0.2, 0.25) is 0 Å². The molecule has 8 heteroatoms. The summed E-state index contributed by atoms with van der Waals surface area (Å²) in [5, 5.41) is 0. The smallest absolute Gasteiger partial charge is 0.306 e. The molecule has 4 heterocycles. The van der Waals surface area contributed by atoms with Gasteiger partial charge in [-0.15, -0.1) is 0 Å².